The van der Waals surface area contributed by atoms with Gasteiger partial charge in [0.1, 0.15) is 6.61 Å². The Kier molecular flexibility index (Phi) is 3.46. The van der Waals surface area contributed by atoms with Crippen molar-refractivity contribution in [2.75, 3.05) is 13.2 Å². The number of benzene rings is 1. The average molecular weight is 216 g/mol. The second-order valence-corrected chi connectivity index (χ2v) is 3.18. The van der Waals surface area contributed by atoms with Crippen LogP contribution in [-0.2, 0) is 0 Å². The van der Waals surface area contributed by atoms with Gasteiger partial charge in [0.25, 0.3) is 0 Å². The van der Waals surface area contributed by atoms with E-state index in [2.05, 4.69) is 9.97 Å². The molecule has 0 fully saturated rings. The molecular weight excluding hydrogens is 204 g/mol. The lowest BCUT2D eigenvalue weighted by atomic mass is 10.2. The second kappa shape index (κ2) is 5.23. The van der Waals surface area contributed by atoms with Crippen LogP contribution in [0, 0.1) is 0 Å². The summed E-state index contributed by atoms with van der Waals surface area (Å²) in [5.74, 6) is 1.23. The van der Waals surface area contributed by atoms with E-state index in [-0.39, 0.29) is 13.2 Å². The number of aliphatic hydroxyl groups excluding tert-OH is 1. The van der Waals surface area contributed by atoms with Crippen molar-refractivity contribution in [1.29, 1.82) is 0 Å². The van der Waals surface area contributed by atoms with E-state index >= 15 is 0 Å². The van der Waals surface area contributed by atoms with Gasteiger partial charge in [0, 0.05) is 5.56 Å². The zero-order valence-corrected chi connectivity index (χ0v) is 8.71. The molecule has 0 aliphatic carbocycles. The molecule has 2 rings (SSSR count). The number of aliphatic hydroxyl groups is 1. The molecule has 0 amide bonds. The minimum absolute atomic E-state index is 0.0135. The van der Waals surface area contributed by atoms with Crippen LogP contribution < -0.4 is 4.74 Å². The van der Waals surface area contributed by atoms with E-state index in [9.17, 15) is 0 Å². The molecule has 16 heavy (non-hydrogen) atoms. The number of aromatic nitrogens is 2. The summed E-state index contributed by atoms with van der Waals surface area (Å²) in [6.07, 6.45) is 3.20. The Bertz CT molecular complexity index is 429. The van der Waals surface area contributed by atoms with E-state index in [0.717, 1.165) is 5.56 Å². The van der Waals surface area contributed by atoms with E-state index in [1.807, 2.05) is 30.3 Å². The zero-order valence-electron chi connectivity index (χ0n) is 8.71. The largest absolute Gasteiger partial charge is 0.488 e. The summed E-state index contributed by atoms with van der Waals surface area (Å²) in [6, 6.07) is 9.72. The molecule has 0 saturated carbocycles. The summed E-state index contributed by atoms with van der Waals surface area (Å²) in [7, 11) is 0. The summed E-state index contributed by atoms with van der Waals surface area (Å²) < 4.78 is 5.17. The minimum atomic E-state index is -0.0135. The molecule has 0 saturated heterocycles. The normalized spacial score (nSPS) is 10.1. The summed E-state index contributed by atoms with van der Waals surface area (Å²) >= 11 is 0. The van der Waals surface area contributed by atoms with Crippen LogP contribution in [-0.4, -0.2) is 28.3 Å². The molecule has 0 aliphatic heterocycles. The number of rotatable bonds is 4. The van der Waals surface area contributed by atoms with Gasteiger partial charge < -0.3 is 9.84 Å². The van der Waals surface area contributed by atoms with Gasteiger partial charge in [-0.2, -0.15) is 0 Å². The number of nitrogens with zero attached hydrogens (tertiary/aromatic N) is 2. The van der Waals surface area contributed by atoms with Crippen molar-refractivity contribution in [3.63, 3.8) is 0 Å². The van der Waals surface area contributed by atoms with Crippen LogP contribution in [0.2, 0.25) is 0 Å². The Labute approximate surface area is 93.6 Å². The molecule has 0 unspecified atom stereocenters. The Morgan fingerprint density at radius 3 is 2.38 bits per heavy atom. The lowest BCUT2D eigenvalue weighted by Gasteiger charge is -2.03. The molecule has 82 valence electrons. The summed E-state index contributed by atoms with van der Waals surface area (Å²) in [4.78, 5) is 8.37. The first-order chi connectivity index (χ1) is 7.90. The van der Waals surface area contributed by atoms with Gasteiger partial charge in [0.15, 0.2) is 11.6 Å². The molecule has 0 spiro atoms. The van der Waals surface area contributed by atoms with Gasteiger partial charge >= 0.3 is 0 Å². The highest BCUT2D eigenvalue weighted by Crippen LogP contribution is 2.15. The van der Waals surface area contributed by atoms with Crippen LogP contribution in [0.4, 0.5) is 0 Å². The Morgan fingerprint density at radius 2 is 1.75 bits per heavy atom. The van der Waals surface area contributed by atoms with Gasteiger partial charge in [-0.15, -0.1) is 0 Å². The summed E-state index contributed by atoms with van der Waals surface area (Å²) in [5, 5.41) is 8.59. The van der Waals surface area contributed by atoms with Crippen LogP contribution >= 0.6 is 0 Å². The molecular formula is C12H12N2O2. The molecule has 1 N–H and O–H groups in total. The van der Waals surface area contributed by atoms with Gasteiger partial charge in [0.2, 0.25) is 0 Å². The number of ether oxygens (including phenoxy) is 1. The van der Waals surface area contributed by atoms with E-state index in [1.165, 1.54) is 0 Å². The molecule has 0 aliphatic rings. The first-order valence-electron chi connectivity index (χ1n) is 5.01. The first-order valence-corrected chi connectivity index (χ1v) is 5.01. The van der Waals surface area contributed by atoms with Crippen molar-refractivity contribution in [1.82, 2.24) is 9.97 Å². The van der Waals surface area contributed by atoms with Crippen molar-refractivity contribution in [2.45, 2.75) is 0 Å². The van der Waals surface area contributed by atoms with Crippen molar-refractivity contribution in [2.24, 2.45) is 0 Å². The summed E-state index contributed by atoms with van der Waals surface area (Å²) in [6.45, 7) is 0.245. The highest BCUT2D eigenvalue weighted by molar-refractivity contribution is 5.54. The molecule has 1 aromatic carbocycles. The third-order valence-corrected chi connectivity index (χ3v) is 2.02. The van der Waals surface area contributed by atoms with E-state index in [4.69, 9.17) is 9.84 Å². The average Bonchev–Trinajstić information content (AvgIpc) is 2.38. The van der Waals surface area contributed by atoms with Crippen molar-refractivity contribution < 1.29 is 9.84 Å². The molecule has 0 radical (unpaired) electrons. The van der Waals surface area contributed by atoms with E-state index in [0.29, 0.717) is 11.6 Å². The smallest absolute Gasteiger partial charge is 0.159 e. The van der Waals surface area contributed by atoms with Gasteiger partial charge in [-0.1, -0.05) is 30.3 Å². The highest BCUT2D eigenvalue weighted by atomic mass is 16.5. The standard InChI is InChI=1S/C12H12N2O2/c15-6-7-16-11-8-13-12(14-9-11)10-4-2-1-3-5-10/h1-5,8-9,15H,6-7H2. The molecule has 0 atom stereocenters. The maximum Gasteiger partial charge on any atom is 0.159 e. The number of hydrogen-bond acceptors (Lipinski definition) is 4. The molecule has 0 bridgehead atoms. The molecule has 4 heteroatoms. The van der Waals surface area contributed by atoms with Gasteiger partial charge in [-0.25, -0.2) is 9.97 Å². The first kappa shape index (κ1) is 10.6. The third kappa shape index (κ3) is 2.55. The molecule has 1 heterocycles. The lowest BCUT2D eigenvalue weighted by molar-refractivity contribution is 0.200. The Hall–Kier alpha value is -1.94. The third-order valence-electron chi connectivity index (χ3n) is 2.02. The summed E-state index contributed by atoms with van der Waals surface area (Å²) in [5.41, 5.74) is 0.969. The van der Waals surface area contributed by atoms with Crippen molar-refractivity contribution in [3.05, 3.63) is 42.7 Å². The Morgan fingerprint density at radius 1 is 1.06 bits per heavy atom. The quantitative estimate of drug-likeness (QED) is 0.841. The van der Waals surface area contributed by atoms with Gasteiger partial charge in [0.05, 0.1) is 19.0 Å². The lowest BCUT2D eigenvalue weighted by Crippen LogP contribution is -2.02. The molecule has 4 nitrogen and oxygen atoms in total. The fraction of sp³-hybridized carbons (Fsp3) is 0.167. The topological polar surface area (TPSA) is 55.2 Å². The van der Waals surface area contributed by atoms with E-state index < -0.39 is 0 Å². The maximum atomic E-state index is 8.59. The van der Waals surface area contributed by atoms with Crippen LogP contribution in [0.15, 0.2) is 42.7 Å². The molecule has 1 aromatic heterocycles. The highest BCUT2D eigenvalue weighted by Gasteiger charge is 2.00. The number of hydrogen-bond donors (Lipinski definition) is 1. The van der Waals surface area contributed by atoms with Gasteiger partial charge in [-0.3, -0.25) is 0 Å². The Balaban J connectivity index is 2.13. The predicted molar refractivity (Wildman–Crippen MR) is 60.0 cm³/mol. The van der Waals surface area contributed by atoms with Gasteiger partial charge in [-0.05, 0) is 0 Å². The SMILES string of the molecule is OCCOc1cnc(-c2ccccc2)nc1. The minimum Gasteiger partial charge on any atom is -0.488 e. The fourth-order valence-electron chi connectivity index (χ4n) is 1.29. The van der Waals surface area contributed by atoms with Crippen LogP contribution in [0.25, 0.3) is 11.4 Å². The van der Waals surface area contributed by atoms with Crippen LogP contribution in [0.3, 0.4) is 0 Å². The van der Waals surface area contributed by atoms with Crippen molar-refractivity contribution >= 4 is 0 Å². The predicted octanol–water partition coefficient (Wildman–Crippen LogP) is 1.51. The monoisotopic (exact) mass is 216 g/mol. The zero-order chi connectivity index (χ0) is 11.2. The van der Waals surface area contributed by atoms with Crippen molar-refractivity contribution in [3.8, 4) is 17.1 Å². The van der Waals surface area contributed by atoms with E-state index in [1.54, 1.807) is 12.4 Å². The fourth-order valence-corrected chi connectivity index (χ4v) is 1.29. The van der Waals surface area contributed by atoms with Crippen LogP contribution in [0.5, 0.6) is 5.75 Å². The van der Waals surface area contributed by atoms with Crippen LogP contribution in [0.1, 0.15) is 0 Å². The maximum absolute atomic E-state index is 8.59. The second-order valence-electron chi connectivity index (χ2n) is 3.18. The molecule has 2 aromatic rings.